The molecule has 0 aromatic heterocycles. The normalized spacial score (nSPS) is 19.9. The van der Waals surface area contributed by atoms with Gasteiger partial charge in [-0.1, -0.05) is 20.8 Å². The number of aliphatic hydroxyl groups is 1. The van der Waals surface area contributed by atoms with E-state index < -0.39 is 0 Å². The molecule has 0 saturated heterocycles. The van der Waals surface area contributed by atoms with Crippen LogP contribution in [0.5, 0.6) is 0 Å². The summed E-state index contributed by atoms with van der Waals surface area (Å²) in [5.74, 6) is 0.715. The quantitative estimate of drug-likeness (QED) is 0.648. The van der Waals surface area contributed by atoms with Crippen LogP contribution < -0.4 is 5.32 Å². The largest absolute Gasteiger partial charge is 0.394 e. The van der Waals surface area contributed by atoms with E-state index in [2.05, 4.69) is 37.9 Å². The summed E-state index contributed by atoms with van der Waals surface area (Å²) in [7, 11) is 0. The van der Waals surface area contributed by atoms with Crippen molar-refractivity contribution >= 4 is 0 Å². The maximum Gasteiger partial charge on any atom is 0.0611 e. The van der Waals surface area contributed by atoms with E-state index in [0.29, 0.717) is 12.0 Å². The second kappa shape index (κ2) is 6.72. The molecule has 17 heavy (non-hydrogen) atoms. The molecule has 0 amide bonds. The summed E-state index contributed by atoms with van der Waals surface area (Å²) in [5.41, 5.74) is -0.0917. The summed E-state index contributed by atoms with van der Waals surface area (Å²) in [6, 6.07) is 0.660. The van der Waals surface area contributed by atoms with Crippen LogP contribution >= 0.6 is 0 Å². The van der Waals surface area contributed by atoms with E-state index in [1.54, 1.807) is 0 Å². The van der Waals surface area contributed by atoms with Crippen LogP contribution in [0.15, 0.2) is 0 Å². The fourth-order valence-electron chi connectivity index (χ4n) is 2.22. The number of nitrogens with zero attached hydrogens (tertiary/aromatic N) is 1. The Morgan fingerprint density at radius 2 is 2.06 bits per heavy atom. The highest BCUT2D eigenvalue weighted by atomic mass is 16.3. The first-order valence-corrected chi connectivity index (χ1v) is 7.10. The van der Waals surface area contributed by atoms with Crippen LogP contribution in [0.2, 0.25) is 0 Å². The predicted molar refractivity (Wildman–Crippen MR) is 73.2 cm³/mol. The van der Waals surface area contributed by atoms with Crippen LogP contribution in [-0.2, 0) is 0 Å². The molecule has 0 radical (unpaired) electrons. The highest BCUT2D eigenvalue weighted by Crippen LogP contribution is 2.24. The molecule has 0 bridgehead atoms. The second-order valence-electron chi connectivity index (χ2n) is 6.17. The third-order valence-corrected chi connectivity index (χ3v) is 3.53. The van der Waals surface area contributed by atoms with Gasteiger partial charge in [0.2, 0.25) is 0 Å². The second-order valence-corrected chi connectivity index (χ2v) is 6.17. The average Bonchev–Trinajstić information content (AvgIpc) is 3.07. The first-order valence-electron chi connectivity index (χ1n) is 7.10. The minimum atomic E-state index is -0.0917. The predicted octanol–water partition coefficient (Wildman–Crippen LogP) is 1.86. The zero-order chi connectivity index (χ0) is 12.9. The average molecular weight is 242 g/mol. The van der Waals surface area contributed by atoms with E-state index in [-0.39, 0.29) is 12.1 Å². The lowest BCUT2D eigenvalue weighted by Gasteiger charge is -2.32. The van der Waals surface area contributed by atoms with Gasteiger partial charge in [-0.3, -0.25) is 0 Å². The molecule has 1 atom stereocenters. The van der Waals surface area contributed by atoms with Gasteiger partial charge in [-0.2, -0.15) is 0 Å². The van der Waals surface area contributed by atoms with Gasteiger partial charge in [0.25, 0.3) is 0 Å². The van der Waals surface area contributed by atoms with Crippen LogP contribution in [0.3, 0.4) is 0 Å². The molecule has 3 heteroatoms. The molecule has 1 fully saturated rings. The molecule has 0 spiro atoms. The third-order valence-electron chi connectivity index (χ3n) is 3.53. The van der Waals surface area contributed by atoms with Gasteiger partial charge in [0.05, 0.1) is 6.61 Å². The van der Waals surface area contributed by atoms with Gasteiger partial charge in [0.1, 0.15) is 0 Å². The number of aliphatic hydroxyl groups excluding tert-OH is 1. The van der Waals surface area contributed by atoms with Crippen molar-refractivity contribution in [1.82, 2.24) is 10.2 Å². The SMILES string of the molecule is CCN(CCC(C)(CO)NC1CC1)CC(C)C. The molecule has 102 valence electrons. The van der Waals surface area contributed by atoms with E-state index in [9.17, 15) is 5.11 Å². The van der Waals surface area contributed by atoms with Crippen molar-refractivity contribution < 1.29 is 5.11 Å². The lowest BCUT2D eigenvalue weighted by molar-refractivity contribution is 0.141. The molecule has 2 N–H and O–H groups in total. The Labute approximate surface area is 107 Å². The zero-order valence-corrected chi connectivity index (χ0v) is 12.0. The van der Waals surface area contributed by atoms with E-state index in [1.807, 2.05) is 0 Å². The molecule has 1 aliphatic rings. The summed E-state index contributed by atoms with van der Waals surface area (Å²) >= 11 is 0. The maximum atomic E-state index is 9.55. The van der Waals surface area contributed by atoms with Crippen LogP contribution in [0, 0.1) is 5.92 Å². The summed E-state index contributed by atoms with van der Waals surface area (Å²) in [6.45, 7) is 12.5. The number of hydrogen-bond acceptors (Lipinski definition) is 3. The van der Waals surface area contributed by atoms with Gasteiger partial charge in [-0.05, 0) is 45.2 Å². The summed E-state index contributed by atoms with van der Waals surface area (Å²) in [4.78, 5) is 2.48. The fourth-order valence-corrected chi connectivity index (χ4v) is 2.22. The van der Waals surface area contributed by atoms with Crippen molar-refractivity contribution in [2.45, 2.75) is 58.5 Å². The van der Waals surface area contributed by atoms with E-state index in [0.717, 1.165) is 26.1 Å². The standard InChI is InChI=1S/C14H30N2O/c1-5-16(10-12(2)3)9-8-14(4,11-17)15-13-6-7-13/h12-13,15,17H,5-11H2,1-4H3. The Morgan fingerprint density at radius 3 is 2.47 bits per heavy atom. The first-order chi connectivity index (χ1) is 7.99. The Bertz CT molecular complexity index is 216. The Balaban J connectivity index is 2.33. The molecule has 1 aliphatic carbocycles. The van der Waals surface area contributed by atoms with Gasteiger partial charge in [0.15, 0.2) is 0 Å². The van der Waals surface area contributed by atoms with Crippen LogP contribution in [0.4, 0.5) is 0 Å². The molecular weight excluding hydrogens is 212 g/mol. The lowest BCUT2D eigenvalue weighted by Crippen LogP contribution is -2.49. The smallest absolute Gasteiger partial charge is 0.0611 e. The first kappa shape index (κ1) is 14.9. The highest BCUT2D eigenvalue weighted by Gasteiger charge is 2.31. The molecular formula is C14H30N2O. The van der Waals surface area contributed by atoms with E-state index in [1.165, 1.54) is 12.8 Å². The van der Waals surface area contributed by atoms with E-state index >= 15 is 0 Å². The van der Waals surface area contributed by atoms with Gasteiger partial charge >= 0.3 is 0 Å². The molecule has 0 aromatic carbocycles. The van der Waals surface area contributed by atoms with Gasteiger partial charge in [-0.15, -0.1) is 0 Å². The summed E-state index contributed by atoms with van der Waals surface area (Å²) in [6.07, 6.45) is 3.58. The molecule has 0 aliphatic heterocycles. The monoisotopic (exact) mass is 242 g/mol. The molecule has 1 unspecified atom stereocenters. The topological polar surface area (TPSA) is 35.5 Å². The summed E-state index contributed by atoms with van der Waals surface area (Å²) < 4.78 is 0. The van der Waals surface area contributed by atoms with Crippen molar-refractivity contribution in [2.24, 2.45) is 5.92 Å². The Kier molecular flexibility index (Phi) is 5.90. The minimum Gasteiger partial charge on any atom is -0.394 e. The van der Waals surface area contributed by atoms with E-state index in [4.69, 9.17) is 0 Å². The van der Waals surface area contributed by atoms with Crippen molar-refractivity contribution in [2.75, 3.05) is 26.2 Å². The van der Waals surface area contributed by atoms with Crippen LogP contribution in [0.25, 0.3) is 0 Å². The maximum absolute atomic E-state index is 9.55. The van der Waals surface area contributed by atoms with Crippen LogP contribution in [0.1, 0.15) is 47.0 Å². The summed E-state index contributed by atoms with van der Waals surface area (Å²) in [5, 5.41) is 13.1. The Morgan fingerprint density at radius 1 is 1.41 bits per heavy atom. The Hall–Kier alpha value is -0.120. The van der Waals surface area contributed by atoms with Crippen molar-refractivity contribution in [1.29, 1.82) is 0 Å². The number of hydrogen-bond donors (Lipinski definition) is 2. The van der Waals surface area contributed by atoms with Crippen molar-refractivity contribution in [3.05, 3.63) is 0 Å². The van der Waals surface area contributed by atoms with Gasteiger partial charge in [-0.25, -0.2) is 0 Å². The lowest BCUT2D eigenvalue weighted by atomic mass is 9.98. The molecule has 3 nitrogen and oxygen atoms in total. The van der Waals surface area contributed by atoms with Crippen LogP contribution in [-0.4, -0.2) is 47.8 Å². The number of nitrogens with one attached hydrogen (secondary N) is 1. The minimum absolute atomic E-state index is 0.0917. The molecule has 1 saturated carbocycles. The van der Waals surface area contributed by atoms with Crippen molar-refractivity contribution in [3.63, 3.8) is 0 Å². The molecule has 0 aromatic rings. The fraction of sp³-hybridized carbons (Fsp3) is 1.00. The molecule has 0 heterocycles. The van der Waals surface area contributed by atoms with Crippen molar-refractivity contribution in [3.8, 4) is 0 Å². The zero-order valence-electron chi connectivity index (χ0n) is 12.0. The molecule has 1 rings (SSSR count). The number of rotatable bonds is 9. The highest BCUT2D eigenvalue weighted by molar-refractivity contribution is 4.92. The third kappa shape index (κ3) is 5.84. The van der Waals surface area contributed by atoms with Gasteiger partial charge in [0, 0.05) is 18.1 Å². The van der Waals surface area contributed by atoms with Gasteiger partial charge < -0.3 is 15.3 Å².